The number of nitrogens with one attached hydrogen (secondary N) is 1. The van der Waals surface area contributed by atoms with Crippen LogP contribution in [0.3, 0.4) is 0 Å². The molecule has 0 aromatic heterocycles. The number of carboxylic acid groups (broad SMARTS) is 1. The van der Waals surface area contributed by atoms with Gasteiger partial charge in [0.05, 0.1) is 18.4 Å². The van der Waals surface area contributed by atoms with E-state index in [1.807, 2.05) is 24.3 Å². The van der Waals surface area contributed by atoms with Crippen molar-refractivity contribution >= 4 is 17.3 Å². The fourth-order valence-corrected chi connectivity index (χ4v) is 2.35. The quantitative estimate of drug-likeness (QED) is 0.833. The van der Waals surface area contributed by atoms with Crippen LogP contribution in [0.4, 0.5) is 11.4 Å². The Bertz CT molecular complexity index is 665. The van der Waals surface area contributed by atoms with E-state index in [0.29, 0.717) is 11.6 Å². The largest absolute Gasteiger partial charge is 0.497 e. The second-order valence-electron chi connectivity index (χ2n) is 5.60. The number of methoxy groups -OCH3 is 1. The Kier molecular flexibility index (Phi) is 5.04. The molecule has 2 aromatic carbocycles. The summed E-state index contributed by atoms with van der Waals surface area (Å²) in [6.07, 6.45) is 0.884. The molecule has 0 fully saturated rings. The molecule has 2 aromatic rings. The predicted octanol–water partition coefficient (Wildman–Crippen LogP) is 4.34. The molecule has 2 N–H and O–H groups in total. The van der Waals surface area contributed by atoms with Gasteiger partial charge in [-0.15, -0.1) is 0 Å². The number of ether oxygens (including phenoxy) is 1. The molecule has 0 amide bonds. The van der Waals surface area contributed by atoms with Crippen LogP contribution < -0.4 is 10.1 Å². The lowest BCUT2D eigenvalue weighted by molar-refractivity contribution is 0.0698. The molecule has 0 aliphatic carbocycles. The van der Waals surface area contributed by atoms with Gasteiger partial charge in [-0.3, -0.25) is 0 Å². The van der Waals surface area contributed by atoms with Crippen LogP contribution in [0.2, 0.25) is 0 Å². The summed E-state index contributed by atoms with van der Waals surface area (Å²) in [7, 11) is 1.64. The number of hydrogen-bond acceptors (Lipinski definition) is 3. The number of carbonyl (C=O) groups is 1. The van der Waals surface area contributed by atoms with Crippen LogP contribution in [0.15, 0.2) is 42.5 Å². The lowest BCUT2D eigenvalue weighted by Crippen LogP contribution is -2.05. The van der Waals surface area contributed by atoms with Crippen LogP contribution in [0.25, 0.3) is 0 Å². The maximum absolute atomic E-state index is 11.3. The van der Waals surface area contributed by atoms with Crippen LogP contribution in [0.1, 0.15) is 29.8 Å². The van der Waals surface area contributed by atoms with Gasteiger partial charge in [0.2, 0.25) is 0 Å². The number of carboxylic acids is 1. The van der Waals surface area contributed by atoms with Crippen molar-refractivity contribution in [1.82, 2.24) is 0 Å². The Hall–Kier alpha value is -2.49. The first kappa shape index (κ1) is 15.9. The second-order valence-corrected chi connectivity index (χ2v) is 5.60. The number of hydrogen-bond donors (Lipinski definition) is 2. The van der Waals surface area contributed by atoms with Crippen molar-refractivity contribution in [3.8, 4) is 5.75 Å². The number of benzene rings is 2. The number of para-hydroxylation sites is 1. The summed E-state index contributed by atoms with van der Waals surface area (Å²) in [4.78, 5) is 11.3. The highest BCUT2D eigenvalue weighted by Gasteiger charge is 2.12. The summed E-state index contributed by atoms with van der Waals surface area (Å²) in [6.45, 7) is 4.29. The van der Waals surface area contributed by atoms with Gasteiger partial charge in [0.25, 0.3) is 0 Å². The van der Waals surface area contributed by atoms with E-state index >= 15 is 0 Å². The highest BCUT2D eigenvalue weighted by atomic mass is 16.5. The van der Waals surface area contributed by atoms with Gasteiger partial charge < -0.3 is 15.2 Å². The Morgan fingerprint density at radius 3 is 2.55 bits per heavy atom. The van der Waals surface area contributed by atoms with E-state index in [0.717, 1.165) is 23.4 Å². The molecule has 0 aliphatic rings. The van der Waals surface area contributed by atoms with Gasteiger partial charge in [0.1, 0.15) is 5.75 Å². The fraction of sp³-hybridized carbons (Fsp3) is 0.278. The molecule has 0 heterocycles. The smallest absolute Gasteiger partial charge is 0.337 e. The van der Waals surface area contributed by atoms with E-state index in [1.54, 1.807) is 25.3 Å². The molecule has 0 saturated heterocycles. The van der Waals surface area contributed by atoms with Gasteiger partial charge in [-0.2, -0.15) is 0 Å². The van der Waals surface area contributed by atoms with Crippen molar-refractivity contribution in [3.05, 3.63) is 53.6 Å². The Balaban J connectivity index is 2.38. The predicted molar refractivity (Wildman–Crippen MR) is 88.2 cm³/mol. The highest BCUT2D eigenvalue weighted by molar-refractivity contribution is 5.95. The summed E-state index contributed by atoms with van der Waals surface area (Å²) >= 11 is 0. The van der Waals surface area contributed by atoms with E-state index in [1.165, 1.54) is 0 Å². The van der Waals surface area contributed by atoms with Crippen LogP contribution in [0, 0.1) is 5.92 Å². The first-order valence-electron chi connectivity index (χ1n) is 7.27. The Labute approximate surface area is 130 Å². The van der Waals surface area contributed by atoms with Crippen LogP contribution in [-0.4, -0.2) is 18.2 Å². The Morgan fingerprint density at radius 1 is 1.18 bits per heavy atom. The molecule has 4 heteroatoms. The van der Waals surface area contributed by atoms with E-state index in [4.69, 9.17) is 4.74 Å². The molecule has 0 spiro atoms. The SMILES string of the molecule is COc1ccc(Nc2ccccc2C(=O)O)c(CC(C)C)c1. The zero-order valence-electron chi connectivity index (χ0n) is 13.1. The van der Waals surface area contributed by atoms with Crippen molar-refractivity contribution in [3.63, 3.8) is 0 Å². The molecule has 0 aliphatic heterocycles. The standard InChI is InChI=1S/C18H21NO3/c1-12(2)10-13-11-14(22-3)8-9-16(13)19-17-7-5-4-6-15(17)18(20)21/h4-9,11-12,19H,10H2,1-3H3,(H,20,21). The fourth-order valence-electron chi connectivity index (χ4n) is 2.35. The average molecular weight is 299 g/mol. The number of aromatic carboxylic acids is 1. The summed E-state index contributed by atoms with van der Waals surface area (Å²) in [5.74, 6) is 0.345. The van der Waals surface area contributed by atoms with Gasteiger partial charge in [-0.05, 0) is 48.2 Å². The van der Waals surface area contributed by atoms with Crippen LogP contribution >= 0.6 is 0 Å². The van der Waals surface area contributed by atoms with E-state index in [2.05, 4.69) is 19.2 Å². The van der Waals surface area contributed by atoms with Crippen molar-refractivity contribution in [2.24, 2.45) is 5.92 Å². The molecule has 4 nitrogen and oxygen atoms in total. The molecule has 0 bridgehead atoms. The minimum Gasteiger partial charge on any atom is -0.497 e. The van der Waals surface area contributed by atoms with E-state index in [-0.39, 0.29) is 5.56 Å². The maximum atomic E-state index is 11.3. The summed E-state index contributed by atoms with van der Waals surface area (Å²) < 4.78 is 5.28. The molecule has 116 valence electrons. The molecule has 0 unspecified atom stereocenters. The third-order valence-corrected chi connectivity index (χ3v) is 3.37. The van der Waals surface area contributed by atoms with Crippen LogP contribution in [-0.2, 0) is 6.42 Å². The lowest BCUT2D eigenvalue weighted by Gasteiger charge is -2.16. The lowest BCUT2D eigenvalue weighted by atomic mass is 10.0. The summed E-state index contributed by atoms with van der Waals surface area (Å²) in [5.41, 5.74) is 2.86. The van der Waals surface area contributed by atoms with Crippen molar-refractivity contribution < 1.29 is 14.6 Å². The van der Waals surface area contributed by atoms with E-state index < -0.39 is 5.97 Å². The van der Waals surface area contributed by atoms with Crippen molar-refractivity contribution in [2.45, 2.75) is 20.3 Å². The molecule has 0 atom stereocenters. The van der Waals surface area contributed by atoms with Crippen molar-refractivity contribution in [1.29, 1.82) is 0 Å². The van der Waals surface area contributed by atoms with Crippen molar-refractivity contribution in [2.75, 3.05) is 12.4 Å². The van der Waals surface area contributed by atoms with Crippen LogP contribution in [0.5, 0.6) is 5.75 Å². The third kappa shape index (κ3) is 3.79. The third-order valence-electron chi connectivity index (χ3n) is 3.37. The first-order valence-corrected chi connectivity index (χ1v) is 7.27. The molecule has 2 rings (SSSR count). The van der Waals surface area contributed by atoms with Gasteiger partial charge in [-0.25, -0.2) is 4.79 Å². The van der Waals surface area contributed by atoms with Gasteiger partial charge in [0, 0.05) is 5.69 Å². The molecular formula is C18H21NO3. The number of anilines is 2. The average Bonchev–Trinajstić information content (AvgIpc) is 2.48. The zero-order chi connectivity index (χ0) is 16.1. The topological polar surface area (TPSA) is 58.6 Å². The highest BCUT2D eigenvalue weighted by Crippen LogP contribution is 2.28. The zero-order valence-corrected chi connectivity index (χ0v) is 13.1. The minimum absolute atomic E-state index is 0.258. The minimum atomic E-state index is -0.943. The summed E-state index contributed by atoms with van der Waals surface area (Å²) in [5, 5.41) is 12.5. The van der Waals surface area contributed by atoms with Gasteiger partial charge >= 0.3 is 5.97 Å². The van der Waals surface area contributed by atoms with Gasteiger partial charge in [0.15, 0.2) is 0 Å². The Morgan fingerprint density at radius 2 is 1.91 bits per heavy atom. The van der Waals surface area contributed by atoms with Gasteiger partial charge in [-0.1, -0.05) is 26.0 Å². The monoisotopic (exact) mass is 299 g/mol. The number of rotatable bonds is 6. The molecular weight excluding hydrogens is 278 g/mol. The summed E-state index contributed by atoms with van der Waals surface area (Å²) in [6, 6.07) is 12.7. The maximum Gasteiger partial charge on any atom is 0.337 e. The molecule has 0 saturated carbocycles. The first-order chi connectivity index (χ1) is 10.5. The van der Waals surface area contributed by atoms with E-state index in [9.17, 15) is 9.90 Å². The second kappa shape index (κ2) is 6.98. The normalized spacial score (nSPS) is 10.5. The molecule has 22 heavy (non-hydrogen) atoms. The molecule has 0 radical (unpaired) electrons.